The van der Waals surface area contributed by atoms with Crippen LogP contribution in [0.2, 0.25) is 0 Å². The summed E-state index contributed by atoms with van der Waals surface area (Å²) in [5.41, 5.74) is 1.76. The number of nitriles is 1. The maximum absolute atomic E-state index is 9.10. The largest absolute Gasteiger partial charge is 0.379 e. The van der Waals surface area contributed by atoms with Gasteiger partial charge in [-0.2, -0.15) is 5.26 Å². The van der Waals surface area contributed by atoms with Gasteiger partial charge in [-0.3, -0.25) is 9.88 Å². The van der Waals surface area contributed by atoms with Gasteiger partial charge in [-0.05, 0) is 0 Å². The molecule has 0 N–H and O–H groups in total. The van der Waals surface area contributed by atoms with Crippen LogP contribution in [0, 0.1) is 11.3 Å². The van der Waals surface area contributed by atoms with Gasteiger partial charge in [0, 0.05) is 19.3 Å². The predicted octanol–water partition coefficient (Wildman–Crippen LogP) is 1.04. The first kappa shape index (κ1) is 9.59. The van der Waals surface area contributed by atoms with Crippen LogP contribution in [-0.2, 0) is 4.74 Å². The van der Waals surface area contributed by atoms with E-state index in [1.54, 1.807) is 11.7 Å². The molecule has 4 nitrogen and oxygen atoms in total. The molecule has 1 aromatic heterocycles. The lowest BCUT2D eigenvalue weighted by Gasteiger charge is -2.29. The summed E-state index contributed by atoms with van der Waals surface area (Å²) in [6, 6.07) is 2.17. The molecule has 0 aliphatic carbocycles. The SMILES string of the molecule is N#CC(c1cncs1)N1CCOCC1. The Morgan fingerprint density at radius 1 is 1.57 bits per heavy atom. The number of hydrogen-bond acceptors (Lipinski definition) is 5. The third-order valence-corrected chi connectivity index (χ3v) is 3.08. The number of ether oxygens (including phenoxy) is 1. The molecule has 0 spiro atoms. The van der Waals surface area contributed by atoms with E-state index in [0.29, 0.717) is 0 Å². The highest BCUT2D eigenvalue weighted by Gasteiger charge is 2.22. The minimum Gasteiger partial charge on any atom is -0.379 e. The van der Waals surface area contributed by atoms with E-state index in [-0.39, 0.29) is 6.04 Å². The zero-order chi connectivity index (χ0) is 9.80. The molecule has 1 atom stereocenters. The minimum absolute atomic E-state index is 0.147. The van der Waals surface area contributed by atoms with Crippen molar-refractivity contribution in [1.29, 1.82) is 5.26 Å². The van der Waals surface area contributed by atoms with Gasteiger partial charge in [-0.1, -0.05) is 0 Å². The topological polar surface area (TPSA) is 49.2 Å². The molecule has 1 aromatic rings. The van der Waals surface area contributed by atoms with Crippen LogP contribution in [0.25, 0.3) is 0 Å². The number of aromatic nitrogens is 1. The molecule has 0 saturated carbocycles. The highest BCUT2D eigenvalue weighted by atomic mass is 32.1. The molecule has 1 saturated heterocycles. The summed E-state index contributed by atoms with van der Waals surface area (Å²) < 4.78 is 5.25. The fourth-order valence-corrected chi connectivity index (χ4v) is 2.22. The first-order chi connectivity index (χ1) is 6.92. The highest BCUT2D eigenvalue weighted by Crippen LogP contribution is 2.23. The van der Waals surface area contributed by atoms with Gasteiger partial charge in [0.2, 0.25) is 0 Å². The van der Waals surface area contributed by atoms with E-state index in [1.165, 1.54) is 11.3 Å². The van der Waals surface area contributed by atoms with Gasteiger partial charge in [0.25, 0.3) is 0 Å². The van der Waals surface area contributed by atoms with Crippen LogP contribution in [0.1, 0.15) is 10.9 Å². The fraction of sp³-hybridized carbons (Fsp3) is 0.556. The van der Waals surface area contributed by atoms with Crippen LogP contribution >= 0.6 is 11.3 Å². The Balaban J connectivity index is 2.09. The van der Waals surface area contributed by atoms with E-state index in [2.05, 4.69) is 16.0 Å². The molecule has 1 aliphatic rings. The van der Waals surface area contributed by atoms with E-state index in [1.807, 2.05) is 0 Å². The number of morpholine rings is 1. The summed E-state index contributed by atoms with van der Waals surface area (Å²) in [4.78, 5) is 7.15. The van der Waals surface area contributed by atoms with E-state index in [9.17, 15) is 0 Å². The maximum atomic E-state index is 9.10. The Bertz CT molecular complexity index is 313. The van der Waals surface area contributed by atoms with Crippen LogP contribution in [0.4, 0.5) is 0 Å². The van der Waals surface area contributed by atoms with Gasteiger partial charge >= 0.3 is 0 Å². The Labute approximate surface area is 86.7 Å². The maximum Gasteiger partial charge on any atom is 0.134 e. The fourth-order valence-electron chi connectivity index (χ4n) is 1.52. The molecule has 74 valence electrons. The standard InChI is InChI=1S/C9H11N3OS/c10-5-8(9-6-11-7-14-9)12-1-3-13-4-2-12/h6-8H,1-4H2. The van der Waals surface area contributed by atoms with E-state index in [4.69, 9.17) is 10.00 Å². The van der Waals surface area contributed by atoms with Crippen LogP contribution in [0.5, 0.6) is 0 Å². The lowest BCUT2D eigenvalue weighted by Crippen LogP contribution is -2.38. The second-order valence-electron chi connectivity index (χ2n) is 3.08. The third-order valence-electron chi connectivity index (χ3n) is 2.25. The van der Waals surface area contributed by atoms with Gasteiger partial charge in [-0.25, -0.2) is 0 Å². The highest BCUT2D eigenvalue weighted by molar-refractivity contribution is 7.09. The van der Waals surface area contributed by atoms with Gasteiger partial charge in [0.05, 0.1) is 29.7 Å². The van der Waals surface area contributed by atoms with Crippen molar-refractivity contribution in [1.82, 2.24) is 9.88 Å². The van der Waals surface area contributed by atoms with E-state index < -0.39 is 0 Å². The van der Waals surface area contributed by atoms with Crippen molar-refractivity contribution in [2.24, 2.45) is 0 Å². The number of nitrogens with zero attached hydrogens (tertiary/aromatic N) is 3. The average molecular weight is 209 g/mol. The number of rotatable bonds is 2. The summed E-state index contributed by atoms with van der Waals surface area (Å²) in [7, 11) is 0. The number of thiazole rings is 1. The van der Waals surface area contributed by atoms with Crippen LogP contribution in [0.15, 0.2) is 11.7 Å². The normalized spacial score (nSPS) is 20.2. The monoisotopic (exact) mass is 209 g/mol. The smallest absolute Gasteiger partial charge is 0.134 e. The van der Waals surface area contributed by atoms with E-state index >= 15 is 0 Å². The Kier molecular flexibility index (Phi) is 3.09. The molecule has 0 amide bonds. The van der Waals surface area contributed by atoms with Crippen molar-refractivity contribution >= 4 is 11.3 Å². The summed E-state index contributed by atoms with van der Waals surface area (Å²) in [6.07, 6.45) is 1.77. The van der Waals surface area contributed by atoms with Crippen molar-refractivity contribution in [3.63, 3.8) is 0 Å². The van der Waals surface area contributed by atoms with Gasteiger partial charge in [0.1, 0.15) is 6.04 Å². The summed E-state index contributed by atoms with van der Waals surface area (Å²) in [6.45, 7) is 3.10. The zero-order valence-corrected chi connectivity index (χ0v) is 8.54. The Hall–Kier alpha value is -0.960. The molecule has 1 unspecified atom stereocenters. The first-order valence-electron chi connectivity index (χ1n) is 4.51. The van der Waals surface area contributed by atoms with Crippen LogP contribution < -0.4 is 0 Å². The van der Waals surface area contributed by atoms with Gasteiger partial charge in [-0.15, -0.1) is 11.3 Å². The quantitative estimate of drug-likeness (QED) is 0.730. The molecule has 0 aromatic carbocycles. The van der Waals surface area contributed by atoms with Gasteiger partial charge in [0.15, 0.2) is 0 Å². The second kappa shape index (κ2) is 4.51. The molecule has 1 aliphatic heterocycles. The molecule has 0 radical (unpaired) electrons. The van der Waals surface area contributed by atoms with Crippen molar-refractivity contribution in [3.8, 4) is 6.07 Å². The van der Waals surface area contributed by atoms with Crippen LogP contribution in [-0.4, -0.2) is 36.2 Å². The molecule has 2 rings (SSSR count). The number of hydrogen-bond donors (Lipinski definition) is 0. The van der Waals surface area contributed by atoms with Crippen molar-refractivity contribution in [2.45, 2.75) is 6.04 Å². The summed E-state index contributed by atoms with van der Waals surface area (Å²) in [5.74, 6) is 0. The molecule has 2 heterocycles. The molecule has 0 bridgehead atoms. The molecule has 5 heteroatoms. The zero-order valence-electron chi connectivity index (χ0n) is 7.72. The lowest BCUT2D eigenvalue weighted by atomic mass is 10.2. The lowest BCUT2D eigenvalue weighted by molar-refractivity contribution is 0.0272. The average Bonchev–Trinajstić information content (AvgIpc) is 2.74. The second-order valence-corrected chi connectivity index (χ2v) is 4.00. The Morgan fingerprint density at radius 3 is 2.93 bits per heavy atom. The predicted molar refractivity (Wildman–Crippen MR) is 52.9 cm³/mol. The molecular weight excluding hydrogens is 198 g/mol. The van der Waals surface area contributed by atoms with Crippen LogP contribution in [0.3, 0.4) is 0 Å². The molecule has 14 heavy (non-hydrogen) atoms. The summed E-state index contributed by atoms with van der Waals surface area (Å²) in [5, 5.41) is 9.10. The molecule has 1 fully saturated rings. The van der Waals surface area contributed by atoms with Crippen molar-refractivity contribution in [2.75, 3.05) is 26.3 Å². The first-order valence-corrected chi connectivity index (χ1v) is 5.39. The van der Waals surface area contributed by atoms with Crippen molar-refractivity contribution in [3.05, 3.63) is 16.6 Å². The Morgan fingerprint density at radius 2 is 2.36 bits per heavy atom. The third kappa shape index (κ3) is 1.93. The van der Waals surface area contributed by atoms with Crippen molar-refractivity contribution < 1.29 is 4.74 Å². The minimum atomic E-state index is -0.147. The van der Waals surface area contributed by atoms with Gasteiger partial charge < -0.3 is 4.74 Å². The summed E-state index contributed by atoms with van der Waals surface area (Å²) >= 11 is 1.53. The van der Waals surface area contributed by atoms with E-state index in [0.717, 1.165) is 31.2 Å². The molecular formula is C9H11N3OS.